The van der Waals surface area contributed by atoms with Gasteiger partial charge in [-0.3, -0.25) is 9.78 Å². The highest BCUT2D eigenvalue weighted by Crippen LogP contribution is 2.25. The molecular weight excluding hydrogens is 326 g/mol. The Morgan fingerprint density at radius 1 is 1.04 bits per heavy atom. The van der Waals surface area contributed by atoms with E-state index in [9.17, 15) is 4.79 Å². The number of hydrogen-bond donors (Lipinski definition) is 1. The smallest absolute Gasteiger partial charge is 0.253 e. The van der Waals surface area contributed by atoms with Crippen molar-refractivity contribution in [2.45, 2.75) is 19.3 Å². The van der Waals surface area contributed by atoms with Crippen LogP contribution in [-0.2, 0) is 6.42 Å². The third-order valence-electron chi connectivity index (χ3n) is 4.90. The fourth-order valence-corrected chi connectivity index (χ4v) is 3.49. The third-order valence-corrected chi connectivity index (χ3v) is 4.90. The number of nitrogens with zero attached hydrogens (tertiary/aromatic N) is 4. The zero-order chi connectivity index (χ0) is 17.8. The van der Waals surface area contributed by atoms with Crippen LogP contribution in [-0.4, -0.2) is 43.8 Å². The molecule has 0 bridgehead atoms. The number of amides is 1. The predicted octanol–water partition coefficient (Wildman–Crippen LogP) is 2.96. The van der Waals surface area contributed by atoms with E-state index in [0.717, 1.165) is 55.1 Å². The molecule has 1 amide bonds. The molecule has 1 aromatic carbocycles. The van der Waals surface area contributed by atoms with Gasteiger partial charge in [-0.25, -0.2) is 9.97 Å². The summed E-state index contributed by atoms with van der Waals surface area (Å²) in [6.45, 7) is 1.57. The zero-order valence-electron chi connectivity index (χ0n) is 14.5. The van der Waals surface area contributed by atoms with Gasteiger partial charge in [0.15, 0.2) is 5.82 Å². The van der Waals surface area contributed by atoms with Crippen LogP contribution in [0.1, 0.15) is 28.9 Å². The van der Waals surface area contributed by atoms with Crippen molar-refractivity contribution in [1.29, 1.82) is 0 Å². The van der Waals surface area contributed by atoms with Gasteiger partial charge in [-0.05, 0) is 37.3 Å². The molecule has 26 heavy (non-hydrogen) atoms. The number of carbonyl (C=O) groups is 1. The van der Waals surface area contributed by atoms with Gasteiger partial charge < -0.3 is 9.88 Å². The van der Waals surface area contributed by atoms with Crippen LogP contribution in [0.15, 0.2) is 55.1 Å². The number of carbonyl (C=O) groups excluding carboxylic acids is 1. The second-order valence-electron chi connectivity index (χ2n) is 6.60. The molecule has 1 aliphatic heterocycles. The summed E-state index contributed by atoms with van der Waals surface area (Å²) in [6, 6.07) is 9.50. The molecule has 1 fully saturated rings. The van der Waals surface area contributed by atoms with Gasteiger partial charge in [-0.1, -0.05) is 18.2 Å². The van der Waals surface area contributed by atoms with Crippen molar-refractivity contribution in [3.63, 3.8) is 0 Å². The number of H-pyrrole nitrogens is 1. The Kier molecular flexibility index (Phi) is 4.73. The Labute approximate surface area is 152 Å². The molecule has 3 aromatic rings. The highest BCUT2D eigenvalue weighted by molar-refractivity contribution is 5.94. The fraction of sp³-hybridized carbons (Fsp3) is 0.300. The number of imidazole rings is 1. The number of likely N-dealkylation sites (tertiary alicyclic amines) is 1. The highest BCUT2D eigenvalue weighted by Gasteiger charge is 2.25. The average molecular weight is 347 g/mol. The summed E-state index contributed by atoms with van der Waals surface area (Å²) >= 11 is 0. The lowest BCUT2D eigenvalue weighted by molar-refractivity contribution is 0.0690. The first-order valence-electron chi connectivity index (χ1n) is 8.95. The number of hydrogen-bond acceptors (Lipinski definition) is 4. The molecule has 0 spiro atoms. The topological polar surface area (TPSA) is 74.8 Å². The molecule has 1 aliphatic rings. The molecule has 3 heterocycles. The molecule has 6 nitrogen and oxygen atoms in total. The van der Waals surface area contributed by atoms with E-state index in [0.29, 0.717) is 5.92 Å². The number of aromatic amines is 1. The number of benzene rings is 1. The van der Waals surface area contributed by atoms with Crippen molar-refractivity contribution in [3.8, 4) is 11.5 Å². The first kappa shape index (κ1) is 16.4. The van der Waals surface area contributed by atoms with Gasteiger partial charge in [0.2, 0.25) is 0 Å². The number of piperidine rings is 1. The summed E-state index contributed by atoms with van der Waals surface area (Å²) in [6.07, 6.45) is 9.76. The Balaban J connectivity index is 1.40. The van der Waals surface area contributed by atoms with E-state index in [1.165, 1.54) is 0 Å². The lowest BCUT2D eigenvalue weighted by Gasteiger charge is -2.32. The SMILES string of the molecule is O=C(c1ccccc1)N1CCC(Cc2nccnc2-c2ncc[nH]2)CC1. The van der Waals surface area contributed by atoms with E-state index >= 15 is 0 Å². The van der Waals surface area contributed by atoms with Gasteiger partial charge in [0, 0.05) is 43.4 Å². The van der Waals surface area contributed by atoms with Gasteiger partial charge in [-0.15, -0.1) is 0 Å². The third kappa shape index (κ3) is 3.49. The van der Waals surface area contributed by atoms with E-state index in [4.69, 9.17) is 0 Å². The molecule has 6 heteroatoms. The van der Waals surface area contributed by atoms with Crippen LogP contribution in [0.2, 0.25) is 0 Å². The van der Waals surface area contributed by atoms with Crippen LogP contribution in [0.5, 0.6) is 0 Å². The minimum atomic E-state index is 0.125. The van der Waals surface area contributed by atoms with Crippen LogP contribution in [0.4, 0.5) is 0 Å². The minimum absolute atomic E-state index is 0.125. The van der Waals surface area contributed by atoms with Crippen molar-refractivity contribution >= 4 is 5.91 Å². The number of rotatable bonds is 4. The van der Waals surface area contributed by atoms with Crippen molar-refractivity contribution in [1.82, 2.24) is 24.8 Å². The maximum atomic E-state index is 12.6. The van der Waals surface area contributed by atoms with Crippen LogP contribution < -0.4 is 0 Å². The first-order valence-corrected chi connectivity index (χ1v) is 8.95. The maximum absolute atomic E-state index is 12.6. The Bertz CT molecular complexity index is 855. The molecule has 132 valence electrons. The molecule has 1 N–H and O–H groups in total. The Morgan fingerprint density at radius 2 is 1.81 bits per heavy atom. The highest BCUT2D eigenvalue weighted by atomic mass is 16.2. The standard InChI is InChI=1S/C20H21N5O/c26-20(16-4-2-1-3-5-16)25-12-6-15(7-13-25)14-17-18(22-9-8-21-17)19-23-10-11-24-19/h1-5,8-11,15H,6-7,12-14H2,(H,23,24). The second-order valence-corrected chi connectivity index (χ2v) is 6.60. The number of aromatic nitrogens is 4. The monoisotopic (exact) mass is 347 g/mol. The first-order chi connectivity index (χ1) is 12.8. The van der Waals surface area contributed by atoms with E-state index in [1.54, 1.807) is 24.8 Å². The van der Waals surface area contributed by atoms with Gasteiger partial charge >= 0.3 is 0 Å². The molecule has 0 saturated carbocycles. The summed E-state index contributed by atoms with van der Waals surface area (Å²) in [7, 11) is 0. The summed E-state index contributed by atoms with van der Waals surface area (Å²) in [5.41, 5.74) is 2.55. The Morgan fingerprint density at radius 3 is 2.54 bits per heavy atom. The molecule has 0 radical (unpaired) electrons. The molecule has 0 atom stereocenters. The molecular formula is C20H21N5O. The lowest BCUT2D eigenvalue weighted by Crippen LogP contribution is -2.39. The molecule has 0 aliphatic carbocycles. The van der Waals surface area contributed by atoms with Crippen LogP contribution in [0.25, 0.3) is 11.5 Å². The van der Waals surface area contributed by atoms with Gasteiger partial charge in [0.25, 0.3) is 5.91 Å². The minimum Gasteiger partial charge on any atom is -0.343 e. The van der Waals surface area contributed by atoms with Gasteiger partial charge in [0.05, 0.1) is 5.69 Å². The van der Waals surface area contributed by atoms with Crippen molar-refractivity contribution < 1.29 is 4.79 Å². The van der Waals surface area contributed by atoms with Crippen LogP contribution >= 0.6 is 0 Å². The van der Waals surface area contributed by atoms with Crippen molar-refractivity contribution in [2.24, 2.45) is 5.92 Å². The predicted molar refractivity (Wildman–Crippen MR) is 98.4 cm³/mol. The quantitative estimate of drug-likeness (QED) is 0.787. The molecule has 4 rings (SSSR count). The summed E-state index contributed by atoms with van der Waals surface area (Å²) < 4.78 is 0. The summed E-state index contributed by atoms with van der Waals surface area (Å²) in [5.74, 6) is 1.38. The average Bonchev–Trinajstić information content (AvgIpc) is 3.24. The maximum Gasteiger partial charge on any atom is 0.253 e. The van der Waals surface area contributed by atoms with Crippen molar-refractivity contribution in [3.05, 3.63) is 66.4 Å². The van der Waals surface area contributed by atoms with E-state index in [1.807, 2.05) is 35.2 Å². The van der Waals surface area contributed by atoms with Crippen LogP contribution in [0.3, 0.4) is 0 Å². The fourth-order valence-electron chi connectivity index (χ4n) is 3.49. The number of nitrogens with one attached hydrogen (secondary N) is 1. The Hall–Kier alpha value is -3.02. The summed E-state index contributed by atoms with van der Waals surface area (Å²) in [5, 5.41) is 0. The largest absolute Gasteiger partial charge is 0.343 e. The molecule has 1 saturated heterocycles. The molecule has 2 aromatic heterocycles. The van der Waals surface area contributed by atoms with Gasteiger partial charge in [0.1, 0.15) is 5.69 Å². The molecule has 0 unspecified atom stereocenters. The van der Waals surface area contributed by atoms with E-state index in [2.05, 4.69) is 19.9 Å². The van der Waals surface area contributed by atoms with E-state index in [-0.39, 0.29) is 5.91 Å². The lowest BCUT2D eigenvalue weighted by atomic mass is 9.91. The zero-order valence-corrected chi connectivity index (χ0v) is 14.5. The second kappa shape index (κ2) is 7.47. The normalized spacial score (nSPS) is 15.2. The van der Waals surface area contributed by atoms with Crippen molar-refractivity contribution in [2.75, 3.05) is 13.1 Å². The van der Waals surface area contributed by atoms with Crippen LogP contribution in [0, 0.1) is 5.92 Å². The van der Waals surface area contributed by atoms with Gasteiger partial charge in [-0.2, -0.15) is 0 Å². The van der Waals surface area contributed by atoms with E-state index < -0.39 is 0 Å². The summed E-state index contributed by atoms with van der Waals surface area (Å²) in [4.78, 5) is 30.9.